The fourth-order valence-electron chi connectivity index (χ4n) is 1.55. The summed E-state index contributed by atoms with van der Waals surface area (Å²) < 4.78 is 75.4. The first kappa shape index (κ1) is 17.5. The van der Waals surface area contributed by atoms with Crippen LogP contribution in [0.4, 0.5) is 13.2 Å². The van der Waals surface area contributed by atoms with Gasteiger partial charge in [0.2, 0.25) is 5.88 Å². The number of hydrogen-bond acceptors (Lipinski definition) is 7. The molecule has 2 aromatic rings. The second-order valence-corrected chi connectivity index (χ2v) is 6.84. The number of rotatable bonds is 5. The Morgan fingerprint density at radius 1 is 1.30 bits per heavy atom. The third-order valence-electron chi connectivity index (χ3n) is 2.69. The summed E-state index contributed by atoms with van der Waals surface area (Å²) in [5.74, 6) is -1.06. The van der Waals surface area contributed by atoms with Crippen molar-refractivity contribution < 1.29 is 30.5 Å². The van der Waals surface area contributed by atoms with Gasteiger partial charge in [-0.25, -0.2) is 4.98 Å². The minimum absolute atomic E-state index is 0.116. The van der Waals surface area contributed by atoms with Crippen LogP contribution < -0.4 is 8.92 Å². The molecule has 0 N–H and O–H groups in total. The largest absolute Gasteiger partial charge is 0.481 e. The lowest BCUT2D eigenvalue weighted by molar-refractivity contribution is -0.135. The summed E-state index contributed by atoms with van der Waals surface area (Å²) in [6, 6.07) is 2.83. The van der Waals surface area contributed by atoms with Gasteiger partial charge in [-0.1, -0.05) is 0 Å². The Kier molecular flexibility index (Phi) is 4.80. The first-order chi connectivity index (χ1) is 10.7. The average molecular weight is 368 g/mol. The van der Waals surface area contributed by atoms with Gasteiger partial charge in [0, 0.05) is 17.8 Å². The van der Waals surface area contributed by atoms with Crippen molar-refractivity contribution >= 4 is 21.7 Å². The molecule has 2 rings (SSSR count). The Balaban J connectivity index is 2.57. The molecule has 126 valence electrons. The van der Waals surface area contributed by atoms with E-state index in [1.54, 1.807) is 0 Å². The van der Waals surface area contributed by atoms with Gasteiger partial charge < -0.3 is 8.92 Å². The number of alkyl halides is 3. The van der Waals surface area contributed by atoms with Crippen molar-refractivity contribution in [3.8, 4) is 22.9 Å². The van der Waals surface area contributed by atoms with Gasteiger partial charge in [0.15, 0.2) is 10.6 Å². The normalized spacial score (nSPS) is 12.2. The van der Waals surface area contributed by atoms with E-state index in [4.69, 9.17) is 4.74 Å². The maximum absolute atomic E-state index is 13.0. The predicted molar refractivity (Wildman–Crippen MR) is 77.0 cm³/mol. The van der Waals surface area contributed by atoms with Gasteiger partial charge in [0.05, 0.1) is 12.9 Å². The molecule has 0 atom stereocenters. The summed E-state index contributed by atoms with van der Waals surface area (Å²) in [5.41, 5.74) is -0.0617. The number of pyridine rings is 1. The Morgan fingerprint density at radius 3 is 2.48 bits per heavy atom. The molecule has 0 radical (unpaired) electrons. The van der Waals surface area contributed by atoms with Crippen LogP contribution in [0.2, 0.25) is 0 Å². The van der Waals surface area contributed by atoms with Gasteiger partial charge in [-0.15, -0.1) is 0 Å². The molecule has 0 fully saturated rings. The zero-order valence-electron chi connectivity index (χ0n) is 11.9. The highest BCUT2D eigenvalue weighted by Crippen LogP contribution is 2.45. The van der Waals surface area contributed by atoms with E-state index in [9.17, 15) is 21.6 Å². The highest BCUT2D eigenvalue weighted by atomic mass is 32.2. The number of ether oxygens (including phenoxy) is 1. The SMILES string of the molecule is CCS(=O)(=O)Oc1c(-c2ccc(OC)nc2)nsc1C(F)(F)F. The van der Waals surface area contributed by atoms with E-state index in [1.165, 1.54) is 32.4 Å². The molecule has 0 saturated heterocycles. The quantitative estimate of drug-likeness (QED) is 0.755. The van der Waals surface area contributed by atoms with Crippen LogP contribution in [0.5, 0.6) is 11.6 Å². The minimum Gasteiger partial charge on any atom is -0.481 e. The van der Waals surface area contributed by atoms with Gasteiger partial charge in [0.1, 0.15) is 5.69 Å². The maximum Gasteiger partial charge on any atom is 0.430 e. The molecule has 0 aliphatic carbocycles. The topological polar surface area (TPSA) is 78.4 Å². The minimum atomic E-state index is -4.78. The highest BCUT2D eigenvalue weighted by molar-refractivity contribution is 7.87. The summed E-state index contributed by atoms with van der Waals surface area (Å²) in [6.45, 7) is 1.26. The third-order valence-corrected chi connectivity index (χ3v) is 4.69. The van der Waals surface area contributed by atoms with E-state index in [2.05, 4.69) is 13.5 Å². The monoisotopic (exact) mass is 368 g/mol. The first-order valence-corrected chi connectivity index (χ1v) is 8.52. The number of halogens is 3. The van der Waals surface area contributed by atoms with Crippen molar-refractivity contribution in [1.29, 1.82) is 0 Å². The maximum atomic E-state index is 13.0. The second-order valence-electron chi connectivity index (χ2n) is 4.21. The molecule has 0 spiro atoms. The first-order valence-electron chi connectivity index (χ1n) is 6.17. The zero-order valence-corrected chi connectivity index (χ0v) is 13.5. The Labute approximate surface area is 134 Å². The fourth-order valence-corrected chi connectivity index (χ4v) is 2.83. The number of aromatic nitrogens is 2. The summed E-state index contributed by atoms with van der Waals surface area (Å²) in [5, 5.41) is 0. The molecule has 2 heterocycles. The van der Waals surface area contributed by atoms with Gasteiger partial charge >= 0.3 is 16.3 Å². The summed E-state index contributed by atoms with van der Waals surface area (Å²) >= 11 is 0.116. The smallest absolute Gasteiger partial charge is 0.430 e. The molecule has 0 aliphatic heterocycles. The lowest BCUT2D eigenvalue weighted by Gasteiger charge is -2.10. The molecule has 0 amide bonds. The molecule has 0 saturated carbocycles. The summed E-state index contributed by atoms with van der Waals surface area (Å²) in [4.78, 5) is 2.64. The van der Waals surface area contributed by atoms with Crippen molar-refractivity contribution in [2.75, 3.05) is 12.9 Å². The predicted octanol–water partition coefficient (Wildman–Crippen LogP) is 2.96. The summed E-state index contributed by atoms with van der Waals surface area (Å²) in [7, 11) is -2.76. The molecule has 2 aromatic heterocycles. The molecule has 0 unspecified atom stereocenters. The van der Waals surface area contributed by atoms with Crippen LogP contribution >= 0.6 is 11.5 Å². The Bertz CT molecular complexity index is 786. The zero-order chi connectivity index (χ0) is 17.3. The lowest BCUT2D eigenvalue weighted by atomic mass is 10.2. The van der Waals surface area contributed by atoms with Crippen molar-refractivity contribution in [3.05, 3.63) is 23.2 Å². The van der Waals surface area contributed by atoms with Crippen LogP contribution in [0, 0.1) is 0 Å². The number of methoxy groups -OCH3 is 1. The van der Waals surface area contributed by atoms with Crippen molar-refractivity contribution in [2.45, 2.75) is 13.1 Å². The van der Waals surface area contributed by atoms with E-state index in [-0.39, 0.29) is 28.7 Å². The van der Waals surface area contributed by atoms with E-state index in [0.29, 0.717) is 0 Å². The van der Waals surface area contributed by atoms with Gasteiger partial charge in [-0.2, -0.15) is 26.0 Å². The van der Waals surface area contributed by atoms with Crippen molar-refractivity contribution in [2.24, 2.45) is 0 Å². The molecule has 0 aliphatic rings. The average Bonchev–Trinajstić information content (AvgIpc) is 2.90. The lowest BCUT2D eigenvalue weighted by Crippen LogP contribution is -2.14. The third kappa shape index (κ3) is 3.91. The second kappa shape index (κ2) is 6.32. The molecule has 0 bridgehead atoms. The van der Waals surface area contributed by atoms with Crippen molar-refractivity contribution in [1.82, 2.24) is 9.36 Å². The van der Waals surface area contributed by atoms with Crippen LogP contribution in [-0.2, 0) is 16.3 Å². The van der Waals surface area contributed by atoms with E-state index >= 15 is 0 Å². The van der Waals surface area contributed by atoms with Gasteiger partial charge in [-0.3, -0.25) is 0 Å². The molecule has 0 aromatic carbocycles. The van der Waals surface area contributed by atoms with E-state index in [1.807, 2.05) is 0 Å². The van der Waals surface area contributed by atoms with Crippen molar-refractivity contribution in [3.63, 3.8) is 0 Å². The van der Waals surface area contributed by atoms with Gasteiger partial charge in [-0.05, 0) is 24.5 Å². The Morgan fingerprint density at radius 2 is 2.00 bits per heavy atom. The van der Waals surface area contributed by atoms with Crippen LogP contribution in [-0.4, -0.2) is 30.6 Å². The fraction of sp³-hybridized carbons (Fsp3) is 0.333. The highest BCUT2D eigenvalue weighted by Gasteiger charge is 2.40. The van der Waals surface area contributed by atoms with Crippen LogP contribution in [0.25, 0.3) is 11.3 Å². The number of hydrogen-bond donors (Lipinski definition) is 0. The Hall–Kier alpha value is -1.88. The standard InChI is InChI=1S/C12H11F3N2O4S2/c1-3-23(18,19)21-10-9(17-22-11(10)12(13,14)15)7-4-5-8(20-2)16-6-7/h4-6H,3H2,1-2H3. The summed E-state index contributed by atoms with van der Waals surface area (Å²) in [6.07, 6.45) is -3.56. The molecular formula is C12H11F3N2O4S2. The van der Waals surface area contributed by atoms with Crippen LogP contribution in [0.3, 0.4) is 0 Å². The van der Waals surface area contributed by atoms with E-state index in [0.717, 1.165) is 0 Å². The van der Waals surface area contributed by atoms with Crippen LogP contribution in [0.15, 0.2) is 18.3 Å². The molecule has 6 nitrogen and oxygen atoms in total. The van der Waals surface area contributed by atoms with E-state index < -0.39 is 32.7 Å². The molecular weight excluding hydrogens is 357 g/mol. The molecule has 11 heteroatoms. The molecule has 23 heavy (non-hydrogen) atoms. The number of nitrogens with zero attached hydrogens (tertiary/aromatic N) is 2. The van der Waals surface area contributed by atoms with Gasteiger partial charge in [0.25, 0.3) is 0 Å². The van der Waals surface area contributed by atoms with Crippen LogP contribution in [0.1, 0.15) is 11.8 Å².